The average Bonchev–Trinajstić information content (AvgIpc) is 2.82. The van der Waals surface area contributed by atoms with Gasteiger partial charge in [-0.3, -0.25) is 0 Å². The first-order chi connectivity index (χ1) is 8.61. The predicted molar refractivity (Wildman–Crippen MR) is 72.1 cm³/mol. The summed E-state index contributed by atoms with van der Waals surface area (Å²) in [4.78, 5) is 10.8. The van der Waals surface area contributed by atoms with Gasteiger partial charge < -0.3 is 19.7 Å². The van der Waals surface area contributed by atoms with E-state index in [9.17, 15) is 5.11 Å². The van der Waals surface area contributed by atoms with E-state index in [-0.39, 0.29) is 6.10 Å². The van der Waals surface area contributed by atoms with Crippen LogP contribution in [-0.2, 0) is 0 Å². The fraction of sp³-hybridized carbons (Fsp3) is 0.500. The predicted octanol–water partition coefficient (Wildman–Crippen LogP) is 0.978. The van der Waals surface area contributed by atoms with Crippen molar-refractivity contribution in [3.63, 3.8) is 0 Å². The molecule has 0 aliphatic rings. The maximum absolute atomic E-state index is 9.34. The topological polar surface area (TPSA) is 65.7 Å². The highest BCUT2D eigenvalue weighted by Crippen LogP contribution is 2.19. The van der Waals surface area contributed by atoms with Gasteiger partial charge in [0.2, 0.25) is 0 Å². The number of hydrogen-bond acceptors (Lipinski definition) is 5. The van der Waals surface area contributed by atoms with Crippen LogP contribution in [0, 0.1) is 0 Å². The Bertz CT molecular complexity index is 522. The summed E-state index contributed by atoms with van der Waals surface area (Å²) in [6.07, 6.45) is 5.94. The lowest BCUT2D eigenvalue weighted by Crippen LogP contribution is -2.23. The normalized spacial score (nSPS) is 12.7. The molecule has 0 aliphatic heterocycles. The SMILES string of the molecule is CNc1cn2ccnc2c(N(C)CCC(C)O)n1. The number of aromatic nitrogens is 3. The molecule has 6 nitrogen and oxygen atoms in total. The lowest BCUT2D eigenvalue weighted by molar-refractivity contribution is 0.187. The standard InChI is InChI=1S/C12H19N5O/c1-9(18)4-6-16(3)12-11-14-5-7-17(11)8-10(13-2)15-12/h5,7-9,13,18H,4,6H2,1-3H3. The van der Waals surface area contributed by atoms with Gasteiger partial charge in [0.25, 0.3) is 0 Å². The summed E-state index contributed by atoms with van der Waals surface area (Å²) < 4.78 is 1.94. The van der Waals surface area contributed by atoms with Crippen LogP contribution < -0.4 is 10.2 Å². The maximum Gasteiger partial charge on any atom is 0.180 e. The van der Waals surface area contributed by atoms with Crippen LogP contribution in [0.5, 0.6) is 0 Å². The summed E-state index contributed by atoms with van der Waals surface area (Å²) in [5.74, 6) is 1.60. The van der Waals surface area contributed by atoms with Gasteiger partial charge in [-0.1, -0.05) is 0 Å². The molecular weight excluding hydrogens is 230 g/mol. The van der Waals surface area contributed by atoms with Crippen LogP contribution in [0.1, 0.15) is 13.3 Å². The van der Waals surface area contributed by atoms with E-state index in [1.807, 2.05) is 35.8 Å². The third kappa shape index (κ3) is 2.53. The number of aliphatic hydroxyl groups excluding tert-OH is 1. The Morgan fingerprint density at radius 2 is 2.33 bits per heavy atom. The number of nitrogens with zero attached hydrogens (tertiary/aromatic N) is 4. The van der Waals surface area contributed by atoms with Crippen LogP contribution in [-0.4, -0.2) is 46.2 Å². The number of hydrogen-bond donors (Lipinski definition) is 2. The van der Waals surface area contributed by atoms with Gasteiger partial charge in [-0.05, 0) is 13.3 Å². The van der Waals surface area contributed by atoms with Crippen molar-refractivity contribution >= 4 is 17.3 Å². The van der Waals surface area contributed by atoms with E-state index < -0.39 is 0 Å². The molecule has 2 aromatic rings. The van der Waals surface area contributed by atoms with Crippen molar-refractivity contribution in [3.8, 4) is 0 Å². The van der Waals surface area contributed by atoms with Crippen molar-refractivity contribution in [2.75, 3.05) is 30.9 Å². The molecule has 0 saturated carbocycles. The first-order valence-corrected chi connectivity index (χ1v) is 6.02. The third-order valence-electron chi connectivity index (χ3n) is 2.86. The van der Waals surface area contributed by atoms with E-state index in [1.165, 1.54) is 0 Å². The second kappa shape index (κ2) is 5.22. The third-order valence-corrected chi connectivity index (χ3v) is 2.86. The largest absolute Gasteiger partial charge is 0.393 e. The molecule has 0 saturated heterocycles. The van der Waals surface area contributed by atoms with Crippen molar-refractivity contribution in [1.29, 1.82) is 0 Å². The Hall–Kier alpha value is -1.82. The number of rotatable bonds is 5. The van der Waals surface area contributed by atoms with Gasteiger partial charge in [-0.25, -0.2) is 9.97 Å². The molecule has 2 heterocycles. The fourth-order valence-electron chi connectivity index (χ4n) is 1.78. The maximum atomic E-state index is 9.34. The highest BCUT2D eigenvalue weighted by atomic mass is 16.3. The van der Waals surface area contributed by atoms with Crippen molar-refractivity contribution in [1.82, 2.24) is 14.4 Å². The molecule has 2 aromatic heterocycles. The number of nitrogens with one attached hydrogen (secondary N) is 1. The molecule has 6 heteroatoms. The highest BCUT2D eigenvalue weighted by Gasteiger charge is 2.12. The molecule has 98 valence electrons. The summed E-state index contributed by atoms with van der Waals surface area (Å²) in [5.41, 5.74) is 0.821. The zero-order valence-corrected chi connectivity index (χ0v) is 11.0. The molecule has 0 amide bonds. The minimum absolute atomic E-state index is 0.310. The Morgan fingerprint density at radius 1 is 1.56 bits per heavy atom. The van der Waals surface area contributed by atoms with Crippen LogP contribution in [0.4, 0.5) is 11.6 Å². The average molecular weight is 249 g/mol. The first kappa shape index (κ1) is 12.6. The van der Waals surface area contributed by atoms with Crippen molar-refractivity contribution in [2.24, 2.45) is 0 Å². The second-order valence-electron chi connectivity index (χ2n) is 4.42. The van der Waals surface area contributed by atoms with E-state index in [0.717, 1.165) is 23.8 Å². The summed E-state index contributed by atoms with van der Waals surface area (Å²) in [6.45, 7) is 2.52. The summed E-state index contributed by atoms with van der Waals surface area (Å²) in [7, 11) is 3.80. The molecule has 0 bridgehead atoms. The molecule has 1 atom stereocenters. The van der Waals surface area contributed by atoms with Gasteiger partial charge in [0.15, 0.2) is 11.5 Å². The zero-order valence-electron chi connectivity index (χ0n) is 11.0. The Kier molecular flexibility index (Phi) is 3.66. The molecule has 0 spiro atoms. The Labute approximate surface area is 106 Å². The van der Waals surface area contributed by atoms with E-state index in [0.29, 0.717) is 6.42 Å². The van der Waals surface area contributed by atoms with Gasteiger partial charge in [0.1, 0.15) is 5.82 Å². The van der Waals surface area contributed by atoms with Gasteiger partial charge in [-0.15, -0.1) is 0 Å². The van der Waals surface area contributed by atoms with Gasteiger partial charge in [0.05, 0.1) is 12.3 Å². The minimum atomic E-state index is -0.310. The molecule has 2 N–H and O–H groups in total. The summed E-state index contributed by atoms with van der Waals surface area (Å²) in [6, 6.07) is 0. The van der Waals surface area contributed by atoms with Gasteiger partial charge >= 0.3 is 0 Å². The van der Waals surface area contributed by atoms with Crippen LogP contribution in [0.25, 0.3) is 5.65 Å². The van der Waals surface area contributed by atoms with Crippen LogP contribution in [0.3, 0.4) is 0 Å². The number of aliphatic hydroxyl groups is 1. The Morgan fingerprint density at radius 3 is 3.00 bits per heavy atom. The van der Waals surface area contributed by atoms with Gasteiger partial charge in [0, 0.05) is 33.0 Å². The van der Waals surface area contributed by atoms with E-state index in [2.05, 4.69) is 15.3 Å². The number of anilines is 2. The summed E-state index contributed by atoms with van der Waals surface area (Å²) in [5, 5.41) is 12.4. The van der Waals surface area contributed by atoms with E-state index >= 15 is 0 Å². The van der Waals surface area contributed by atoms with E-state index in [1.54, 1.807) is 13.1 Å². The van der Waals surface area contributed by atoms with Gasteiger partial charge in [-0.2, -0.15) is 0 Å². The van der Waals surface area contributed by atoms with Crippen LogP contribution in [0.2, 0.25) is 0 Å². The molecule has 1 unspecified atom stereocenters. The number of imidazole rings is 1. The zero-order chi connectivity index (χ0) is 13.1. The summed E-state index contributed by atoms with van der Waals surface area (Å²) >= 11 is 0. The van der Waals surface area contributed by atoms with Crippen molar-refractivity contribution in [3.05, 3.63) is 18.6 Å². The monoisotopic (exact) mass is 249 g/mol. The molecule has 0 aromatic carbocycles. The molecule has 18 heavy (non-hydrogen) atoms. The van der Waals surface area contributed by atoms with Crippen LogP contribution in [0.15, 0.2) is 18.6 Å². The second-order valence-corrected chi connectivity index (χ2v) is 4.42. The van der Waals surface area contributed by atoms with Crippen LogP contribution >= 0.6 is 0 Å². The lowest BCUT2D eigenvalue weighted by Gasteiger charge is -2.20. The molecular formula is C12H19N5O. The fourth-order valence-corrected chi connectivity index (χ4v) is 1.78. The smallest absolute Gasteiger partial charge is 0.180 e. The molecule has 0 radical (unpaired) electrons. The first-order valence-electron chi connectivity index (χ1n) is 6.02. The molecule has 0 aliphatic carbocycles. The highest BCUT2D eigenvalue weighted by molar-refractivity contribution is 5.66. The lowest BCUT2D eigenvalue weighted by atomic mass is 10.3. The quantitative estimate of drug-likeness (QED) is 0.827. The minimum Gasteiger partial charge on any atom is -0.393 e. The van der Waals surface area contributed by atoms with Crippen molar-refractivity contribution < 1.29 is 5.11 Å². The van der Waals surface area contributed by atoms with Crippen molar-refractivity contribution in [2.45, 2.75) is 19.4 Å². The number of fused-ring (bicyclic) bond motifs is 1. The Balaban J connectivity index is 2.32. The molecule has 0 fully saturated rings. The van der Waals surface area contributed by atoms with E-state index in [4.69, 9.17) is 0 Å². The molecule has 2 rings (SSSR count).